The Morgan fingerprint density at radius 1 is 1.32 bits per heavy atom. The van der Waals surface area contributed by atoms with Gasteiger partial charge in [-0.3, -0.25) is 5.10 Å². The Kier molecular flexibility index (Phi) is 2.49. The van der Waals surface area contributed by atoms with Gasteiger partial charge in [-0.1, -0.05) is 0 Å². The summed E-state index contributed by atoms with van der Waals surface area (Å²) in [6.45, 7) is 0. The molecular weight excluding hydrogens is 246 g/mol. The molecule has 0 atom stereocenters. The molecule has 0 saturated heterocycles. The van der Waals surface area contributed by atoms with Crippen LogP contribution in [0.25, 0.3) is 22.3 Å². The van der Waals surface area contributed by atoms with Gasteiger partial charge in [0.1, 0.15) is 17.1 Å². The second-order valence-corrected chi connectivity index (χ2v) is 4.11. The number of carboxylic acids is 1. The Labute approximate surface area is 108 Å². The minimum absolute atomic E-state index is 0.0613. The SMILES string of the molecule is COc1ccc2cc(-c3cc(C(=O)O)[nH]n3)[nH]c2c1. The third-order valence-electron chi connectivity index (χ3n) is 2.91. The molecule has 3 aromatic rings. The number of carbonyl (C=O) groups is 1. The lowest BCUT2D eigenvalue weighted by Gasteiger charge is -1.97. The number of H-pyrrole nitrogens is 2. The molecule has 0 radical (unpaired) electrons. The summed E-state index contributed by atoms with van der Waals surface area (Å²) in [4.78, 5) is 14.0. The van der Waals surface area contributed by atoms with E-state index in [1.165, 1.54) is 6.07 Å². The number of aromatic carboxylic acids is 1. The quantitative estimate of drug-likeness (QED) is 0.671. The highest BCUT2D eigenvalue weighted by molar-refractivity contribution is 5.89. The fraction of sp³-hybridized carbons (Fsp3) is 0.0769. The first-order valence-electron chi connectivity index (χ1n) is 5.63. The molecule has 6 nitrogen and oxygen atoms in total. The van der Waals surface area contributed by atoms with Crippen LogP contribution in [0, 0.1) is 0 Å². The molecule has 3 rings (SSSR count). The molecule has 0 aliphatic rings. The van der Waals surface area contributed by atoms with Gasteiger partial charge in [-0.25, -0.2) is 4.79 Å². The highest BCUT2D eigenvalue weighted by Crippen LogP contribution is 2.26. The largest absolute Gasteiger partial charge is 0.497 e. The molecule has 0 spiro atoms. The van der Waals surface area contributed by atoms with E-state index in [2.05, 4.69) is 15.2 Å². The minimum atomic E-state index is -1.03. The van der Waals surface area contributed by atoms with Crippen molar-refractivity contribution in [2.24, 2.45) is 0 Å². The summed E-state index contributed by atoms with van der Waals surface area (Å²) < 4.78 is 5.15. The first kappa shape index (κ1) is 11.3. The van der Waals surface area contributed by atoms with Gasteiger partial charge in [0.2, 0.25) is 0 Å². The van der Waals surface area contributed by atoms with E-state index in [0.717, 1.165) is 22.3 Å². The van der Waals surface area contributed by atoms with Crippen LogP contribution in [0.3, 0.4) is 0 Å². The molecule has 3 N–H and O–H groups in total. The van der Waals surface area contributed by atoms with Gasteiger partial charge < -0.3 is 14.8 Å². The van der Waals surface area contributed by atoms with E-state index >= 15 is 0 Å². The van der Waals surface area contributed by atoms with E-state index in [4.69, 9.17) is 9.84 Å². The van der Waals surface area contributed by atoms with Crippen LogP contribution in [0.2, 0.25) is 0 Å². The van der Waals surface area contributed by atoms with E-state index in [1.54, 1.807) is 7.11 Å². The van der Waals surface area contributed by atoms with Crippen LogP contribution in [0.4, 0.5) is 0 Å². The van der Waals surface area contributed by atoms with E-state index in [-0.39, 0.29) is 5.69 Å². The summed E-state index contributed by atoms with van der Waals surface area (Å²) in [5.74, 6) is -0.273. The zero-order chi connectivity index (χ0) is 13.4. The number of rotatable bonds is 3. The zero-order valence-electron chi connectivity index (χ0n) is 10.1. The summed E-state index contributed by atoms with van der Waals surface area (Å²) in [5, 5.41) is 16.3. The highest BCUT2D eigenvalue weighted by atomic mass is 16.5. The standard InChI is InChI=1S/C13H11N3O3/c1-19-8-3-2-7-4-10(14-9(7)5-8)11-6-12(13(17)18)16-15-11/h2-6,14H,1H3,(H,15,16)(H,17,18). The second-order valence-electron chi connectivity index (χ2n) is 4.11. The van der Waals surface area contributed by atoms with E-state index in [0.29, 0.717) is 5.69 Å². The molecular formula is C13H11N3O3. The number of fused-ring (bicyclic) bond motifs is 1. The van der Waals surface area contributed by atoms with Crippen molar-refractivity contribution >= 4 is 16.9 Å². The molecule has 2 aromatic heterocycles. The van der Waals surface area contributed by atoms with Gasteiger partial charge >= 0.3 is 5.97 Å². The fourth-order valence-electron chi connectivity index (χ4n) is 1.94. The maximum atomic E-state index is 10.8. The lowest BCUT2D eigenvalue weighted by Crippen LogP contribution is -1.95. The number of nitrogens with one attached hydrogen (secondary N) is 2. The van der Waals surface area contributed by atoms with Crippen molar-refractivity contribution < 1.29 is 14.6 Å². The summed E-state index contributed by atoms with van der Waals surface area (Å²) in [6, 6.07) is 9.08. The van der Waals surface area contributed by atoms with Crippen LogP contribution in [0.5, 0.6) is 5.75 Å². The van der Waals surface area contributed by atoms with Gasteiger partial charge in [0.05, 0.1) is 12.8 Å². The van der Waals surface area contributed by atoms with Gasteiger partial charge in [0.15, 0.2) is 0 Å². The van der Waals surface area contributed by atoms with E-state index in [1.807, 2.05) is 24.3 Å². The Bertz CT molecular complexity index is 757. The Morgan fingerprint density at radius 3 is 2.84 bits per heavy atom. The predicted molar refractivity (Wildman–Crippen MR) is 69.4 cm³/mol. The molecule has 0 aliphatic carbocycles. The fourth-order valence-corrected chi connectivity index (χ4v) is 1.94. The Morgan fingerprint density at radius 2 is 2.16 bits per heavy atom. The number of aromatic amines is 2. The summed E-state index contributed by atoms with van der Waals surface area (Å²) in [5.41, 5.74) is 2.29. The first-order valence-corrected chi connectivity index (χ1v) is 5.63. The molecule has 0 bridgehead atoms. The van der Waals surface area contributed by atoms with E-state index in [9.17, 15) is 4.79 Å². The molecule has 0 aliphatic heterocycles. The van der Waals surface area contributed by atoms with Crippen LogP contribution >= 0.6 is 0 Å². The van der Waals surface area contributed by atoms with Crippen molar-refractivity contribution in [2.75, 3.05) is 7.11 Å². The Hall–Kier alpha value is -2.76. The van der Waals surface area contributed by atoms with Crippen molar-refractivity contribution in [3.8, 4) is 17.1 Å². The molecule has 1 aromatic carbocycles. The van der Waals surface area contributed by atoms with Crippen molar-refractivity contribution in [3.05, 3.63) is 36.0 Å². The average Bonchev–Trinajstić information content (AvgIpc) is 3.04. The van der Waals surface area contributed by atoms with Crippen molar-refractivity contribution in [3.63, 3.8) is 0 Å². The van der Waals surface area contributed by atoms with Crippen molar-refractivity contribution in [1.29, 1.82) is 0 Å². The number of aromatic nitrogens is 3. The third kappa shape index (κ3) is 1.93. The maximum absolute atomic E-state index is 10.8. The monoisotopic (exact) mass is 257 g/mol. The molecule has 0 saturated carbocycles. The van der Waals surface area contributed by atoms with E-state index < -0.39 is 5.97 Å². The lowest BCUT2D eigenvalue weighted by atomic mass is 10.2. The third-order valence-corrected chi connectivity index (χ3v) is 2.91. The number of ether oxygens (including phenoxy) is 1. The van der Waals surface area contributed by atoms with Crippen LogP contribution in [-0.4, -0.2) is 33.4 Å². The predicted octanol–water partition coefficient (Wildman–Crippen LogP) is 2.26. The molecule has 6 heteroatoms. The van der Waals surface area contributed by atoms with Crippen LogP contribution < -0.4 is 4.74 Å². The number of hydrogen-bond donors (Lipinski definition) is 3. The first-order chi connectivity index (χ1) is 9.17. The van der Waals surface area contributed by atoms with Crippen molar-refractivity contribution in [1.82, 2.24) is 15.2 Å². The summed E-state index contributed by atoms with van der Waals surface area (Å²) in [6.07, 6.45) is 0. The number of carboxylic acid groups (broad SMARTS) is 1. The number of benzene rings is 1. The van der Waals surface area contributed by atoms with Crippen LogP contribution in [0.1, 0.15) is 10.5 Å². The van der Waals surface area contributed by atoms with Crippen molar-refractivity contribution in [2.45, 2.75) is 0 Å². The Balaban J connectivity index is 2.06. The second kappa shape index (κ2) is 4.16. The molecule has 2 heterocycles. The normalized spacial score (nSPS) is 10.8. The molecule has 0 unspecified atom stereocenters. The van der Waals surface area contributed by atoms with Crippen LogP contribution in [-0.2, 0) is 0 Å². The summed E-state index contributed by atoms with van der Waals surface area (Å²) in [7, 11) is 1.61. The van der Waals surface area contributed by atoms with Gasteiger partial charge in [-0.2, -0.15) is 5.10 Å². The minimum Gasteiger partial charge on any atom is -0.497 e. The highest BCUT2D eigenvalue weighted by Gasteiger charge is 2.11. The average molecular weight is 257 g/mol. The van der Waals surface area contributed by atoms with Gasteiger partial charge in [-0.15, -0.1) is 0 Å². The lowest BCUT2D eigenvalue weighted by molar-refractivity contribution is 0.0690. The topological polar surface area (TPSA) is 91.0 Å². The molecule has 0 fully saturated rings. The smallest absolute Gasteiger partial charge is 0.353 e. The zero-order valence-corrected chi connectivity index (χ0v) is 10.1. The van der Waals surface area contributed by atoms with Gasteiger partial charge in [-0.05, 0) is 18.2 Å². The molecule has 96 valence electrons. The molecule has 19 heavy (non-hydrogen) atoms. The van der Waals surface area contributed by atoms with Crippen LogP contribution in [0.15, 0.2) is 30.3 Å². The molecule has 0 amide bonds. The van der Waals surface area contributed by atoms with Gasteiger partial charge in [0.25, 0.3) is 0 Å². The van der Waals surface area contributed by atoms with Gasteiger partial charge in [0, 0.05) is 23.0 Å². The number of hydrogen-bond acceptors (Lipinski definition) is 3. The summed E-state index contributed by atoms with van der Waals surface area (Å²) >= 11 is 0. The maximum Gasteiger partial charge on any atom is 0.353 e. The number of nitrogens with zero attached hydrogens (tertiary/aromatic N) is 1. The number of methoxy groups -OCH3 is 1.